The summed E-state index contributed by atoms with van der Waals surface area (Å²) in [6, 6.07) is 0.664. The Morgan fingerprint density at radius 1 is 0.565 bits per heavy atom. The number of aliphatic hydroxyl groups excluding tert-OH is 2. The van der Waals surface area contributed by atoms with Crippen LogP contribution in [0.4, 0.5) is 0 Å². The van der Waals surface area contributed by atoms with Crippen LogP contribution in [-0.4, -0.2) is 87.9 Å². The molecular formula is C16H37N5O2. The summed E-state index contributed by atoms with van der Waals surface area (Å²) in [5.41, 5.74) is 0. The average molecular weight is 332 g/mol. The lowest BCUT2D eigenvalue weighted by molar-refractivity contribution is 0.241. The number of rotatable bonds is 6. The fraction of sp³-hybridized carbons (Fsp3) is 1.00. The Balaban J connectivity index is 2.51. The van der Waals surface area contributed by atoms with Gasteiger partial charge in [0.1, 0.15) is 0 Å². The van der Waals surface area contributed by atoms with Crippen molar-refractivity contribution in [3.8, 4) is 0 Å². The zero-order valence-electron chi connectivity index (χ0n) is 14.4. The van der Waals surface area contributed by atoms with Gasteiger partial charge in [0.2, 0.25) is 0 Å². The predicted octanol–water partition coefficient (Wildman–Crippen LogP) is -1.77. The SMILES string of the molecule is OCCCC1NCCNCCNCCNCCNC1CCCO. The summed E-state index contributed by atoms with van der Waals surface area (Å²) in [4.78, 5) is 0. The number of hydrogen-bond donors (Lipinski definition) is 7. The first-order valence-electron chi connectivity index (χ1n) is 9.19. The largest absolute Gasteiger partial charge is 0.396 e. The number of hydrogen-bond acceptors (Lipinski definition) is 7. The van der Waals surface area contributed by atoms with Crippen LogP contribution in [0.3, 0.4) is 0 Å². The molecule has 2 unspecified atom stereocenters. The van der Waals surface area contributed by atoms with Crippen molar-refractivity contribution < 1.29 is 10.2 Å². The monoisotopic (exact) mass is 331 g/mol. The molecule has 1 fully saturated rings. The van der Waals surface area contributed by atoms with Crippen LogP contribution in [0.15, 0.2) is 0 Å². The van der Waals surface area contributed by atoms with Crippen LogP contribution < -0.4 is 26.6 Å². The van der Waals surface area contributed by atoms with Gasteiger partial charge in [-0.1, -0.05) is 0 Å². The van der Waals surface area contributed by atoms with Crippen molar-refractivity contribution in [3.63, 3.8) is 0 Å². The molecule has 7 nitrogen and oxygen atoms in total. The molecule has 0 aromatic rings. The van der Waals surface area contributed by atoms with E-state index < -0.39 is 0 Å². The lowest BCUT2D eigenvalue weighted by Gasteiger charge is -2.29. The van der Waals surface area contributed by atoms with E-state index in [1.165, 1.54) is 0 Å². The molecule has 1 saturated heterocycles. The molecule has 7 N–H and O–H groups in total. The van der Waals surface area contributed by atoms with Gasteiger partial charge in [-0.2, -0.15) is 0 Å². The topological polar surface area (TPSA) is 101 Å². The van der Waals surface area contributed by atoms with Gasteiger partial charge in [-0.05, 0) is 25.7 Å². The van der Waals surface area contributed by atoms with Crippen LogP contribution >= 0.6 is 0 Å². The van der Waals surface area contributed by atoms with Crippen molar-refractivity contribution in [2.45, 2.75) is 37.8 Å². The summed E-state index contributed by atoms with van der Waals surface area (Å²) in [5, 5.41) is 35.8. The molecule has 138 valence electrons. The maximum atomic E-state index is 9.15. The molecular weight excluding hydrogens is 294 g/mol. The molecule has 1 aliphatic rings. The Hall–Kier alpha value is -0.280. The first-order chi connectivity index (χ1) is 11.4. The second-order valence-electron chi connectivity index (χ2n) is 6.10. The Bertz CT molecular complexity index is 235. The highest BCUT2D eigenvalue weighted by atomic mass is 16.3. The maximum Gasteiger partial charge on any atom is 0.0431 e. The third-order valence-corrected chi connectivity index (χ3v) is 4.21. The molecule has 0 amide bonds. The lowest BCUT2D eigenvalue weighted by Crippen LogP contribution is -2.51. The van der Waals surface area contributed by atoms with Gasteiger partial charge in [-0.3, -0.25) is 0 Å². The smallest absolute Gasteiger partial charge is 0.0431 e. The highest BCUT2D eigenvalue weighted by Crippen LogP contribution is 2.08. The van der Waals surface area contributed by atoms with Gasteiger partial charge >= 0.3 is 0 Å². The molecule has 0 aromatic heterocycles. The van der Waals surface area contributed by atoms with Crippen molar-refractivity contribution in [1.82, 2.24) is 26.6 Å². The van der Waals surface area contributed by atoms with Crippen molar-refractivity contribution >= 4 is 0 Å². The van der Waals surface area contributed by atoms with E-state index in [1.54, 1.807) is 0 Å². The molecule has 1 heterocycles. The zero-order valence-corrected chi connectivity index (χ0v) is 14.4. The molecule has 1 rings (SSSR count). The average Bonchev–Trinajstić information content (AvgIpc) is 2.58. The van der Waals surface area contributed by atoms with E-state index in [4.69, 9.17) is 10.2 Å². The highest BCUT2D eigenvalue weighted by molar-refractivity contribution is 4.83. The summed E-state index contributed by atoms with van der Waals surface area (Å²) >= 11 is 0. The third kappa shape index (κ3) is 11.0. The van der Waals surface area contributed by atoms with Crippen LogP contribution in [0, 0.1) is 0 Å². The fourth-order valence-electron chi connectivity index (χ4n) is 2.93. The van der Waals surface area contributed by atoms with E-state index in [1.807, 2.05) is 0 Å². The molecule has 0 saturated carbocycles. The molecule has 0 aromatic carbocycles. The molecule has 0 bridgehead atoms. The molecule has 0 radical (unpaired) electrons. The Morgan fingerprint density at radius 2 is 0.913 bits per heavy atom. The molecule has 23 heavy (non-hydrogen) atoms. The second-order valence-corrected chi connectivity index (χ2v) is 6.10. The number of nitrogens with one attached hydrogen (secondary N) is 5. The lowest BCUT2D eigenvalue weighted by atomic mass is 9.98. The van der Waals surface area contributed by atoms with Crippen LogP contribution in [0.2, 0.25) is 0 Å². The minimum absolute atomic E-state index is 0.233. The molecule has 1 aliphatic heterocycles. The van der Waals surface area contributed by atoms with Crippen LogP contribution in [-0.2, 0) is 0 Å². The van der Waals surface area contributed by atoms with Crippen LogP contribution in [0.5, 0.6) is 0 Å². The van der Waals surface area contributed by atoms with Crippen molar-refractivity contribution in [1.29, 1.82) is 0 Å². The van der Waals surface area contributed by atoms with Gasteiger partial charge in [0.05, 0.1) is 0 Å². The Labute approximate surface area is 141 Å². The standard InChI is InChI=1S/C16H37N5O2/c22-13-1-3-15-16(4-2-14-23)21-12-10-19-8-6-17-5-7-18-9-11-20-15/h15-23H,1-14H2. The van der Waals surface area contributed by atoms with Gasteiger partial charge in [0.15, 0.2) is 0 Å². The van der Waals surface area contributed by atoms with E-state index in [-0.39, 0.29) is 13.2 Å². The van der Waals surface area contributed by atoms with E-state index in [2.05, 4.69) is 26.6 Å². The summed E-state index contributed by atoms with van der Waals surface area (Å²) in [6.45, 7) is 8.15. The van der Waals surface area contributed by atoms with Gasteiger partial charge in [0, 0.05) is 77.7 Å². The fourth-order valence-corrected chi connectivity index (χ4v) is 2.93. The predicted molar refractivity (Wildman–Crippen MR) is 94.8 cm³/mol. The second kappa shape index (κ2) is 15.3. The van der Waals surface area contributed by atoms with E-state index >= 15 is 0 Å². The number of aliphatic hydroxyl groups is 2. The minimum atomic E-state index is 0.233. The Kier molecular flexibility index (Phi) is 13.8. The van der Waals surface area contributed by atoms with E-state index in [0.717, 1.165) is 78.0 Å². The quantitative estimate of drug-likeness (QED) is 0.309. The van der Waals surface area contributed by atoms with Crippen molar-refractivity contribution in [2.75, 3.05) is 65.6 Å². The normalized spacial score (nSPS) is 26.3. The zero-order chi connectivity index (χ0) is 16.6. The maximum absolute atomic E-state index is 9.15. The van der Waals surface area contributed by atoms with Crippen molar-refractivity contribution in [2.24, 2.45) is 0 Å². The summed E-state index contributed by atoms with van der Waals surface area (Å²) in [7, 11) is 0. The van der Waals surface area contributed by atoms with Crippen molar-refractivity contribution in [3.05, 3.63) is 0 Å². The van der Waals surface area contributed by atoms with E-state index in [9.17, 15) is 0 Å². The summed E-state index contributed by atoms with van der Waals surface area (Å²) in [5.74, 6) is 0. The van der Waals surface area contributed by atoms with E-state index in [0.29, 0.717) is 12.1 Å². The minimum Gasteiger partial charge on any atom is -0.396 e. The summed E-state index contributed by atoms with van der Waals surface area (Å²) < 4.78 is 0. The Morgan fingerprint density at radius 3 is 1.26 bits per heavy atom. The molecule has 0 spiro atoms. The first kappa shape index (κ1) is 20.8. The molecule has 2 atom stereocenters. The van der Waals surface area contributed by atoms with Crippen LogP contribution in [0.25, 0.3) is 0 Å². The summed E-state index contributed by atoms with van der Waals surface area (Å²) in [6.07, 6.45) is 3.53. The first-order valence-corrected chi connectivity index (χ1v) is 9.19. The van der Waals surface area contributed by atoms with Gasteiger partial charge in [0.25, 0.3) is 0 Å². The molecule has 7 heteroatoms. The van der Waals surface area contributed by atoms with Crippen LogP contribution in [0.1, 0.15) is 25.7 Å². The third-order valence-electron chi connectivity index (χ3n) is 4.21. The highest BCUT2D eigenvalue weighted by Gasteiger charge is 2.19. The van der Waals surface area contributed by atoms with Gasteiger partial charge < -0.3 is 36.8 Å². The van der Waals surface area contributed by atoms with Gasteiger partial charge in [-0.15, -0.1) is 0 Å². The molecule has 0 aliphatic carbocycles. The van der Waals surface area contributed by atoms with Gasteiger partial charge in [-0.25, -0.2) is 0 Å².